The van der Waals surface area contributed by atoms with E-state index < -0.39 is 0 Å². The quantitative estimate of drug-likeness (QED) is 0.778. The van der Waals surface area contributed by atoms with Crippen molar-refractivity contribution < 1.29 is 9.47 Å². The second kappa shape index (κ2) is 5.02. The van der Waals surface area contributed by atoms with Gasteiger partial charge in [0.05, 0.1) is 18.8 Å². The van der Waals surface area contributed by atoms with Crippen molar-refractivity contribution >= 4 is 10.9 Å². The van der Waals surface area contributed by atoms with E-state index >= 15 is 0 Å². The molecule has 1 N–H and O–H groups in total. The minimum absolute atomic E-state index is 0.531. The Balaban J connectivity index is 1.70. The summed E-state index contributed by atoms with van der Waals surface area (Å²) in [5, 5.41) is 7.99. The molecule has 0 bridgehead atoms. The van der Waals surface area contributed by atoms with Gasteiger partial charge in [-0.05, 0) is 29.8 Å². The SMILES string of the molecule is COc1ccc(COc2ccc3cn[nH]c3c2)cc1. The molecule has 0 radical (unpaired) electrons. The van der Waals surface area contributed by atoms with Crippen molar-refractivity contribution in [2.45, 2.75) is 6.61 Å². The number of aromatic nitrogens is 2. The number of hydrogen-bond donors (Lipinski definition) is 1. The number of aromatic amines is 1. The maximum Gasteiger partial charge on any atom is 0.121 e. The van der Waals surface area contributed by atoms with Gasteiger partial charge in [-0.1, -0.05) is 12.1 Å². The molecule has 0 amide bonds. The first-order valence-electron chi connectivity index (χ1n) is 6.04. The third-order valence-electron chi connectivity index (χ3n) is 2.98. The first-order chi connectivity index (χ1) is 9.35. The highest BCUT2D eigenvalue weighted by molar-refractivity contribution is 5.79. The van der Waals surface area contributed by atoms with Crippen molar-refractivity contribution in [2.24, 2.45) is 0 Å². The largest absolute Gasteiger partial charge is 0.497 e. The van der Waals surface area contributed by atoms with Crippen molar-refractivity contribution in [3.63, 3.8) is 0 Å². The molecule has 0 aliphatic rings. The zero-order valence-corrected chi connectivity index (χ0v) is 10.6. The van der Waals surface area contributed by atoms with Crippen LogP contribution < -0.4 is 9.47 Å². The molecule has 0 spiro atoms. The molecule has 96 valence electrons. The van der Waals surface area contributed by atoms with Gasteiger partial charge in [-0.15, -0.1) is 0 Å². The molecule has 0 fully saturated rings. The lowest BCUT2D eigenvalue weighted by Gasteiger charge is -2.07. The van der Waals surface area contributed by atoms with Crippen LogP contribution in [0.5, 0.6) is 11.5 Å². The van der Waals surface area contributed by atoms with E-state index in [4.69, 9.17) is 9.47 Å². The lowest BCUT2D eigenvalue weighted by atomic mass is 10.2. The summed E-state index contributed by atoms with van der Waals surface area (Å²) in [4.78, 5) is 0. The summed E-state index contributed by atoms with van der Waals surface area (Å²) in [6, 6.07) is 13.7. The fourth-order valence-electron chi connectivity index (χ4n) is 1.89. The average molecular weight is 254 g/mol. The molecule has 19 heavy (non-hydrogen) atoms. The van der Waals surface area contributed by atoms with E-state index in [1.807, 2.05) is 42.5 Å². The summed E-state index contributed by atoms with van der Waals surface area (Å²) in [6.07, 6.45) is 1.79. The molecule has 1 heterocycles. The summed E-state index contributed by atoms with van der Waals surface area (Å²) in [7, 11) is 1.66. The molecule has 4 heteroatoms. The van der Waals surface area contributed by atoms with Crippen molar-refractivity contribution in [2.75, 3.05) is 7.11 Å². The Morgan fingerprint density at radius 1 is 1.05 bits per heavy atom. The molecule has 0 saturated heterocycles. The number of H-pyrrole nitrogens is 1. The molecule has 1 aromatic heterocycles. The van der Waals surface area contributed by atoms with Gasteiger partial charge >= 0.3 is 0 Å². The summed E-state index contributed by atoms with van der Waals surface area (Å²) in [6.45, 7) is 0.531. The molecule has 0 aliphatic carbocycles. The van der Waals surface area contributed by atoms with Crippen molar-refractivity contribution in [1.82, 2.24) is 10.2 Å². The Morgan fingerprint density at radius 3 is 2.63 bits per heavy atom. The number of fused-ring (bicyclic) bond motifs is 1. The normalized spacial score (nSPS) is 10.6. The number of nitrogens with zero attached hydrogens (tertiary/aromatic N) is 1. The predicted octanol–water partition coefficient (Wildman–Crippen LogP) is 3.15. The Morgan fingerprint density at radius 2 is 1.84 bits per heavy atom. The maximum absolute atomic E-state index is 5.75. The highest BCUT2D eigenvalue weighted by Crippen LogP contribution is 2.20. The molecule has 3 aromatic rings. The lowest BCUT2D eigenvalue weighted by Crippen LogP contribution is -1.95. The van der Waals surface area contributed by atoms with Crippen LogP contribution in [0.1, 0.15) is 5.56 Å². The molecule has 2 aromatic carbocycles. The van der Waals surface area contributed by atoms with Gasteiger partial charge in [0.15, 0.2) is 0 Å². The first-order valence-corrected chi connectivity index (χ1v) is 6.04. The Bertz CT molecular complexity index is 674. The van der Waals surface area contributed by atoms with E-state index in [0.717, 1.165) is 28.0 Å². The van der Waals surface area contributed by atoms with Gasteiger partial charge in [0.1, 0.15) is 18.1 Å². The highest BCUT2D eigenvalue weighted by atomic mass is 16.5. The topological polar surface area (TPSA) is 47.1 Å². The van der Waals surface area contributed by atoms with E-state index in [-0.39, 0.29) is 0 Å². The monoisotopic (exact) mass is 254 g/mol. The minimum atomic E-state index is 0.531. The van der Waals surface area contributed by atoms with Gasteiger partial charge in [0.2, 0.25) is 0 Å². The van der Waals surface area contributed by atoms with Gasteiger partial charge in [-0.2, -0.15) is 5.10 Å². The predicted molar refractivity (Wildman–Crippen MR) is 73.4 cm³/mol. The number of hydrogen-bond acceptors (Lipinski definition) is 3. The van der Waals surface area contributed by atoms with Crippen LogP contribution in [0.4, 0.5) is 0 Å². The van der Waals surface area contributed by atoms with Crippen LogP contribution in [0.25, 0.3) is 10.9 Å². The number of rotatable bonds is 4. The van der Waals surface area contributed by atoms with Crippen LogP contribution in [0.3, 0.4) is 0 Å². The van der Waals surface area contributed by atoms with Crippen molar-refractivity contribution in [1.29, 1.82) is 0 Å². The third kappa shape index (κ3) is 2.52. The molecule has 0 aliphatic heterocycles. The van der Waals surface area contributed by atoms with Crippen LogP contribution in [0, 0.1) is 0 Å². The van der Waals surface area contributed by atoms with E-state index in [1.165, 1.54) is 0 Å². The second-order valence-corrected chi connectivity index (χ2v) is 4.26. The molecule has 4 nitrogen and oxygen atoms in total. The lowest BCUT2D eigenvalue weighted by molar-refractivity contribution is 0.306. The highest BCUT2D eigenvalue weighted by Gasteiger charge is 2.00. The maximum atomic E-state index is 5.75. The van der Waals surface area contributed by atoms with Gasteiger partial charge in [-0.3, -0.25) is 5.10 Å². The fraction of sp³-hybridized carbons (Fsp3) is 0.133. The Labute approximate surface area is 111 Å². The smallest absolute Gasteiger partial charge is 0.121 e. The molecule has 0 unspecified atom stereocenters. The van der Waals surface area contributed by atoms with Crippen LogP contribution in [-0.2, 0) is 6.61 Å². The van der Waals surface area contributed by atoms with Crippen LogP contribution in [0.15, 0.2) is 48.7 Å². The second-order valence-electron chi connectivity index (χ2n) is 4.26. The first kappa shape index (κ1) is 11.6. The standard InChI is InChI=1S/C15H14N2O2/c1-18-13-5-2-11(3-6-13)10-19-14-7-4-12-9-16-17-15(12)8-14/h2-9H,10H2,1H3,(H,16,17). The number of methoxy groups -OCH3 is 1. The van der Waals surface area contributed by atoms with Crippen LogP contribution in [-0.4, -0.2) is 17.3 Å². The molecule has 0 atom stereocenters. The molecule has 3 rings (SSSR count). The molecular weight excluding hydrogens is 240 g/mol. The van der Waals surface area contributed by atoms with Gasteiger partial charge in [-0.25, -0.2) is 0 Å². The van der Waals surface area contributed by atoms with Crippen molar-refractivity contribution in [3.05, 3.63) is 54.2 Å². The van der Waals surface area contributed by atoms with Crippen LogP contribution >= 0.6 is 0 Å². The number of benzene rings is 2. The summed E-state index contributed by atoms with van der Waals surface area (Å²) in [5.41, 5.74) is 2.08. The third-order valence-corrected chi connectivity index (χ3v) is 2.98. The van der Waals surface area contributed by atoms with Gasteiger partial charge in [0, 0.05) is 11.5 Å². The number of ether oxygens (including phenoxy) is 2. The molecule has 0 saturated carbocycles. The number of nitrogens with one attached hydrogen (secondary N) is 1. The van der Waals surface area contributed by atoms with E-state index in [0.29, 0.717) is 6.61 Å². The van der Waals surface area contributed by atoms with E-state index in [2.05, 4.69) is 10.2 Å². The summed E-state index contributed by atoms with van der Waals surface area (Å²) in [5.74, 6) is 1.68. The zero-order chi connectivity index (χ0) is 13.1. The van der Waals surface area contributed by atoms with Gasteiger partial charge < -0.3 is 9.47 Å². The van der Waals surface area contributed by atoms with E-state index in [1.54, 1.807) is 13.3 Å². The van der Waals surface area contributed by atoms with E-state index in [9.17, 15) is 0 Å². The summed E-state index contributed by atoms with van der Waals surface area (Å²) >= 11 is 0. The van der Waals surface area contributed by atoms with Gasteiger partial charge in [0.25, 0.3) is 0 Å². The summed E-state index contributed by atoms with van der Waals surface area (Å²) < 4.78 is 10.9. The Hall–Kier alpha value is -2.49. The molecular formula is C15H14N2O2. The minimum Gasteiger partial charge on any atom is -0.497 e. The fourth-order valence-corrected chi connectivity index (χ4v) is 1.89. The Kier molecular flexibility index (Phi) is 3.06. The average Bonchev–Trinajstić information content (AvgIpc) is 2.93. The van der Waals surface area contributed by atoms with Crippen LogP contribution in [0.2, 0.25) is 0 Å². The van der Waals surface area contributed by atoms with Crippen molar-refractivity contribution in [3.8, 4) is 11.5 Å². The zero-order valence-electron chi connectivity index (χ0n) is 10.6.